The third-order valence-electron chi connectivity index (χ3n) is 3.25. The van der Waals surface area contributed by atoms with Gasteiger partial charge in [-0.15, -0.1) is 0 Å². The van der Waals surface area contributed by atoms with Crippen LogP contribution in [0.4, 0.5) is 24.5 Å². The molecule has 2 aromatic rings. The van der Waals surface area contributed by atoms with Crippen LogP contribution >= 0.6 is 23.2 Å². The number of rotatable bonds is 6. The first-order valence-electron chi connectivity index (χ1n) is 7.56. The molecular weight excluding hydrogens is 444 g/mol. The van der Waals surface area contributed by atoms with E-state index in [4.69, 9.17) is 28.3 Å². The van der Waals surface area contributed by atoms with Gasteiger partial charge in [0.15, 0.2) is 0 Å². The van der Waals surface area contributed by atoms with Gasteiger partial charge in [-0.05, 0) is 12.1 Å². The van der Waals surface area contributed by atoms with Crippen LogP contribution < -0.4 is 0 Å². The molecule has 1 N–H and O–H groups in total. The number of ether oxygens (including phenoxy) is 1. The van der Waals surface area contributed by atoms with E-state index in [1.807, 2.05) is 0 Å². The molecule has 0 aliphatic carbocycles. The van der Waals surface area contributed by atoms with Crippen molar-refractivity contribution in [2.45, 2.75) is 19.4 Å². The number of aliphatic hydroxyl groups excluding tert-OH is 1. The normalized spacial score (nSPS) is 10.8. The standard InChI is InChI=1S/C9H7ClF3NO3.C7H6ClNO3/c10-7-2-1-3-8(14(15)16)6(7)4-17-5-9(11,12)13;8-6-2-1-3-7(9(11)12)5(6)4-10/h1-3H,4-5H2;1-3,10H,4H2. The first-order valence-corrected chi connectivity index (χ1v) is 8.32. The number of halogens is 5. The number of alkyl halides is 3. The highest BCUT2D eigenvalue weighted by molar-refractivity contribution is 6.32. The van der Waals surface area contributed by atoms with E-state index < -0.39 is 35.8 Å². The van der Waals surface area contributed by atoms with Crippen molar-refractivity contribution in [1.29, 1.82) is 0 Å². The molecular formula is C16H13Cl2F3N2O6. The smallest absolute Gasteiger partial charge is 0.391 e. The second-order valence-electron chi connectivity index (χ2n) is 5.26. The van der Waals surface area contributed by atoms with Crippen molar-refractivity contribution in [3.05, 3.63) is 77.8 Å². The Kier molecular flexibility index (Phi) is 9.24. The number of nitro benzene ring substituents is 2. The summed E-state index contributed by atoms with van der Waals surface area (Å²) in [6.45, 7) is -2.46. The number of hydrogen-bond acceptors (Lipinski definition) is 6. The molecule has 0 radical (unpaired) electrons. The van der Waals surface area contributed by atoms with Gasteiger partial charge >= 0.3 is 6.18 Å². The van der Waals surface area contributed by atoms with E-state index in [0.717, 1.165) is 6.07 Å². The minimum atomic E-state index is -4.48. The van der Waals surface area contributed by atoms with Crippen LogP contribution in [0.2, 0.25) is 10.0 Å². The molecule has 0 spiro atoms. The van der Waals surface area contributed by atoms with Crippen LogP contribution in [0.3, 0.4) is 0 Å². The average Bonchev–Trinajstić information content (AvgIpc) is 2.62. The summed E-state index contributed by atoms with van der Waals surface area (Å²) in [5, 5.41) is 29.9. The molecule has 29 heavy (non-hydrogen) atoms. The molecule has 0 fully saturated rings. The van der Waals surface area contributed by atoms with Gasteiger partial charge in [-0.3, -0.25) is 20.2 Å². The quantitative estimate of drug-likeness (QED) is 0.479. The van der Waals surface area contributed by atoms with Gasteiger partial charge in [-0.1, -0.05) is 35.3 Å². The van der Waals surface area contributed by atoms with E-state index in [1.54, 1.807) is 0 Å². The number of nitrogens with zero attached hydrogens (tertiary/aromatic N) is 2. The zero-order valence-electron chi connectivity index (χ0n) is 14.4. The Morgan fingerprint density at radius 3 is 1.76 bits per heavy atom. The van der Waals surface area contributed by atoms with E-state index >= 15 is 0 Å². The fourth-order valence-electron chi connectivity index (χ4n) is 2.00. The predicted octanol–water partition coefficient (Wildman–Crippen LogP) is 5.07. The molecule has 0 aromatic heterocycles. The van der Waals surface area contributed by atoms with E-state index in [9.17, 15) is 33.4 Å². The maximum atomic E-state index is 11.8. The molecule has 2 rings (SSSR count). The summed E-state index contributed by atoms with van der Waals surface area (Å²) in [6.07, 6.45) is -4.48. The highest BCUT2D eigenvalue weighted by Crippen LogP contribution is 2.28. The summed E-state index contributed by atoms with van der Waals surface area (Å²) in [6, 6.07) is 8.11. The van der Waals surface area contributed by atoms with Gasteiger partial charge in [-0.2, -0.15) is 13.2 Å². The minimum Gasteiger partial charge on any atom is -0.391 e. The van der Waals surface area contributed by atoms with Crippen molar-refractivity contribution in [2.75, 3.05) is 6.61 Å². The van der Waals surface area contributed by atoms with Crippen molar-refractivity contribution in [2.24, 2.45) is 0 Å². The van der Waals surface area contributed by atoms with Crippen LogP contribution in [-0.2, 0) is 18.0 Å². The fourth-order valence-corrected chi connectivity index (χ4v) is 2.46. The van der Waals surface area contributed by atoms with Crippen molar-refractivity contribution >= 4 is 34.6 Å². The average molecular weight is 457 g/mol. The van der Waals surface area contributed by atoms with Gasteiger partial charge in [0.25, 0.3) is 11.4 Å². The van der Waals surface area contributed by atoms with Gasteiger partial charge in [0.1, 0.15) is 6.61 Å². The maximum absolute atomic E-state index is 11.8. The van der Waals surface area contributed by atoms with Crippen LogP contribution in [0.1, 0.15) is 11.1 Å². The van der Waals surface area contributed by atoms with Crippen LogP contribution in [0.15, 0.2) is 36.4 Å². The van der Waals surface area contributed by atoms with E-state index in [0.29, 0.717) is 0 Å². The third kappa shape index (κ3) is 7.81. The van der Waals surface area contributed by atoms with E-state index in [2.05, 4.69) is 4.74 Å². The van der Waals surface area contributed by atoms with E-state index in [1.165, 1.54) is 30.3 Å². The van der Waals surface area contributed by atoms with Crippen LogP contribution in [0.25, 0.3) is 0 Å². The van der Waals surface area contributed by atoms with Gasteiger partial charge in [0.2, 0.25) is 0 Å². The highest BCUT2D eigenvalue weighted by atomic mass is 35.5. The molecule has 8 nitrogen and oxygen atoms in total. The number of hydrogen-bond donors (Lipinski definition) is 1. The Hall–Kier alpha value is -2.47. The molecule has 0 aliphatic rings. The molecule has 0 aliphatic heterocycles. The highest BCUT2D eigenvalue weighted by Gasteiger charge is 2.28. The Morgan fingerprint density at radius 2 is 1.38 bits per heavy atom. The van der Waals surface area contributed by atoms with Crippen LogP contribution in [0, 0.1) is 20.2 Å². The Balaban J connectivity index is 0.000000308. The third-order valence-corrected chi connectivity index (χ3v) is 3.96. The molecule has 2 aromatic carbocycles. The molecule has 0 heterocycles. The Morgan fingerprint density at radius 1 is 0.931 bits per heavy atom. The number of benzene rings is 2. The summed E-state index contributed by atoms with van der Waals surface area (Å²) < 4.78 is 39.8. The van der Waals surface area contributed by atoms with Gasteiger partial charge < -0.3 is 9.84 Å². The van der Waals surface area contributed by atoms with Gasteiger partial charge in [-0.25, -0.2) is 0 Å². The molecule has 0 amide bonds. The lowest BCUT2D eigenvalue weighted by Crippen LogP contribution is -2.17. The molecule has 0 atom stereocenters. The molecule has 13 heteroatoms. The summed E-state index contributed by atoms with van der Waals surface area (Å²) in [7, 11) is 0. The fraction of sp³-hybridized carbons (Fsp3) is 0.250. The second-order valence-corrected chi connectivity index (χ2v) is 6.07. The first-order chi connectivity index (χ1) is 13.5. The molecule has 0 saturated heterocycles. The summed E-state index contributed by atoms with van der Waals surface area (Å²) in [5.74, 6) is 0. The lowest BCUT2D eigenvalue weighted by atomic mass is 10.2. The predicted molar refractivity (Wildman–Crippen MR) is 97.8 cm³/mol. The summed E-state index contributed by atoms with van der Waals surface area (Å²) >= 11 is 11.3. The van der Waals surface area contributed by atoms with Crippen LogP contribution in [0.5, 0.6) is 0 Å². The second kappa shape index (κ2) is 10.9. The van der Waals surface area contributed by atoms with Crippen molar-refractivity contribution in [3.8, 4) is 0 Å². The maximum Gasteiger partial charge on any atom is 0.411 e. The summed E-state index contributed by atoms with van der Waals surface area (Å²) in [4.78, 5) is 19.7. The van der Waals surface area contributed by atoms with Crippen molar-refractivity contribution < 1.29 is 32.9 Å². The largest absolute Gasteiger partial charge is 0.411 e. The van der Waals surface area contributed by atoms with Gasteiger partial charge in [0.05, 0.1) is 44.2 Å². The zero-order chi connectivity index (χ0) is 22.2. The number of nitro groups is 2. The van der Waals surface area contributed by atoms with E-state index in [-0.39, 0.29) is 32.5 Å². The summed E-state index contributed by atoms with van der Waals surface area (Å²) in [5.41, 5.74) is -0.419. The lowest BCUT2D eigenvalue weighted by molar-refractivity contribution is -0.386. The molecule has 0 saturated carbocycles. The Bertz CT molecular complexity index is 880. The number of aliphatic hydroxyl groups is 1. The minimum absolute atomic E-state index is 0.00127. The zero-order valence-corrected chi connectivity index (χ0v) is 15.9. The van der Waals surface area contributed by atoms with Crippen molar-refractivity contribution in [1.82, 2.24) is 0 Å². The van der Waals surface area contributed by atoms with Crippen LogP contribution in [-0.4, -0.2) is 27.7 Å². The molecule has 0 bridgehead atoms. The van der Waals surface area contributed by atoms with Gasteiger partial charge in [0, 0.05) is 12.1 Å². The van der Waals surface area contributed by atoms with Crippen molar-refractivity contribution in [3.63, 3.8) is 0 Å². The lowest BCUT2D eigenvalue weighted by Gasteiger charge is -2.08. The first kappa shape index (κ1) is 24.6. The Labute approximate surface area is 171 Å². The monoisotopic (exact) mass is 456 g/mol. The topological polar surface area (TPSA) is 116 Å². The molecule has 158 valence electrons. The SMILES string of the molecule is O=[N+]([O-])c1cccc(Cl)c1CO.O=[N+]([O-])c1cccc(Cl)c1COCC(F)(F)F. The molecule has 0 unspecified atom stereocenters.